The number of hydrogen-bond acceptors (Lipinski definition) is 3. The highest BCUT2D eigenvalue weighted by Crippen LogP contribution is 2.31. The van der Waals surface area contributed by atoms with Gasteiger partial charge < -0.3 is 5.32 Å². The van der Waals surface area contributed by atoms with Gasteiger partial charge in [-0.3, -0.25) is 9.80 Å². The summed E-state index contributed by atoms with van der Waals surface area (Å²) in [7, 11) is 0. The summed E-state index contributed by atoms with van der Waals surface area (Å²) in [6.07, 6.45) is 8.46. The molecule has 116 valence electrons. The van der Waals surface area contributed by atoms with Crippen molar-refractivity contribution in [3.05, 3.63) is 0 Å². The van der Waals surface area contributed by atoms with Crippen molar-refractivity contribution in [3.8, 4) is 0 Å². The first-order valence-electron chi connectivity index (χ1n) is 8.99. The molecule has 2 heterocycles. The lowest BCUT2D eigenvalue weighted by atomic mass is 9.82. The molecule has 0 radical (unpaired) electrons. The monoisotopic (exact) mass is 279 g/mol. The van der Waals surface area contributed by atoms with E-state index in [0.717, 1.165) is 30.6 Å². The number of rotatable bonds is 4. The summed E-state index contributed by atoms with van der Waals surface area (Å²) in [5.74, 6) is 0.917. The van der Waals surface area contributed by atoms with Gasteiger partial charge in [0.15, 0.2) is 0 Å². The van der Waals surface area contributed by atoms with E-state index in [2.05, 4.69) is 29.0 Å². The first-order valence-corrected chi connectivity index (χ1v) is 8.99. The molecule has 3 fully saturated rings. The van der Waals surface area contributed by atoms with E-state index in [1.54, 1.807) is 0 Å². The number of hydrogen-bond donors (Lipinski definition) is 1. The molecule has 1 saturated carbocycles. The quantitative estimate of drug-likeness (QED) is 0.852. The lowest BCUT2D eigenvalue weighted by molar-refractivity contribution is 0.114. The van der Waals surface area contributed by atoms with Gasteiger partial charge in [-0.1, -0.05) is 13.8 Å². The number of nitrogens with zero attached hydrogens (tertiary/aromatic N) is 2. The van der Waals surface area contributed by atoms with Gasteiger partial charge in [-0.15, -0.1) is 0 Å². The molecule has 3 rings (SSSR count). The van der Waals surface area contributed by atoms with Crippen LogP contribution >= 0.6 is 0 Å². The third-order valence-corrected chi connectivity index (χ3v) is 5.87. The molecule has 0 bridgehead atoms. The van der Waals surface area contributed by atoms with E-state index >= 15 is 0 Å². The summed E-state index contributed by atoms with van der Waals surface area (Å²) in [6.45, 7) is 11.2. The fraction of sp³-hybridized carbons (Fsp3) is 1.00. The first-order chi connectivity index (χ1) is 9.78. The van der Waals surface area contributed by atoms with E-state index in [9.17, 15) is 0 Å². The maximum absolute atomic E-state index is 3.76. The summed E-state index contributed by atoms with van der Waals surface area (Å²) >= 11 is 0. The highest BCUT2D eigenvalue weighted by atomic mass is 15.3. The molecule has 0 amide bonds. The molecule has 2 saturated heterocycles. The predicted octanol–water partition coefficient (Wildman–Crippen LogP) is 2.32. The molecule has 20 heavy (non-hydrogen) atoms. The minimum absolute atomic E-state index is 0.744. The Morgan fingerprint density at radius 1 is 1.00 bits per heavy atom. The molecule has 1 aliphatic carbocycles. The van der Waals surface area contributed by atoms with Gasteiger partial charge in [-0.25, -0.2) is 0 Å². The van der Waals surface area contributed by atoms with Crippen molar-refractivity contribution >= 4 is 0 Å². The lowest BCUT2D eigenvalue weighted by Gasteiger charge is -2.41. The molecule has 2 aliphatic heterocycles. The molecule has 0 aromatic rings. The topological polar surface area (TPSA) is 18.5 Å². The van der Waals surface area contributed by atoms with Crippen molar-refractivity contribution in [2.24, 2.45) is 5.92 Å². The Hall–Kier alpha value is -0.120. The standard InChI is InChI=1S/C17H33N3/c1-3-18-16-7-6-14(2)12-17(16)20-11-8-15(13-20)19-9-4-5-10-19/h14-18H,3-13H2,1-2H3. The van der Waals surface area contributed by atoms with Gasteiger partial charge in [0.05, 0.1) is 0 Å². The highest BCUT2D eigenvalue weighted by molar-refractivity contribution is 4.95. The van der Waals surface area contributed by atoms with Crippen LogP contribution in [0.5, 0.6) is 0 Å². The van der Waals surface area contributed by atoms with Gasteiger partial charge in [0.1, 0.15) is 0 Å². The minimum Gasteiger partial charge on any atom is -0.313 e. The van der Waals surface area contributed by atoms with Crippen molar-refractivity contribution in [3.63, 3.8) is 0 Å². The summed E-state index contributed by atoms with van der Waals surface area (Å²) in [5.41, 5.74) is 0. The van der Waals surface area contributed by atoms with Crippen molar-refractivity contribution in [2.75, 3.05) is 32.7 Å². The van der Waals surface area contributed by atoms with Gasteiger partial charge in [-0.05, 0) is 64.1 Å². The molecule has 1 N–H and O–H groups in total. The maximum Gasteiger partial charge on any atom is 0.0252 e. The number of likely N-dealkylation sites (tertiary alicyclic amines) is 2. The van der Waals surface area contributed by atoms with Crippen LogP contribution in [0.1, 0.15) is 52.4 Å². The van der Waals surface area contributed by atoms with Gasteiger partial charge in [0.2, 0.25) is 0 Å². The van der Waals surface area contributed by atoms with Crippen LogP contribution in [0.4, 0.5) is 0 Å². The lowest BCUT2D eigenvalue weighted by Crippen LogP contribution is -2.53. The molecular formula is C17H33N3. The van der Waals surface area contributed by atoms with Crippen LogP contribution in [-0.4, -0.2) is 60.6 Å². The third kappa shape index (κ3) is 3.20. The van der Waals surface area contributed by atoms with Gasteiger partial charge in [-0.2, -0.15) is 0 Å². The molecule has 0 aromatic carbocycles. The molecule has 3 nitrogen and oxygen atoms in total. The van der Waals surface area contributed by atoms with E-state index in [1.807, 2.05) is 0 Å². The second kappa shape index (κ2) is 6.76. The minimum atomic E-state index is 0.744. The Morgan fingerprint density at radius 3 is 2.55 bits per heavy atom. The Bertz CT molecular complexity index is 301. The average molecular weight is 279 g/mol. The van der Waals surface area contributed by atoms with Crippen LogP contribution in [0.2, 0.25) is 0 Å². The third-order valence-electron chi connectivity index (χ3n) is 5.87. The zero-order valence-corrected chi connectivity index (χ0v) is 13.5. The maximum atomic E-state index is 3.76. The Balaban J connectivity index is 1.58. The molecule has 0 aromatic heterocycles. The zero-order chi connectivity index (χ0) is 13.9. The molecule has 4 unspecified atom stereocenters. The molecular weight excluding hydrogens is 246 g/mol. The van der Waals surface area contributed by atoms with E-state index in [-0.39, 0.29) is 0 Å². The Labute approximate surface area is 125 Å². The summed E-state index contributed by atoms with van der Waals surface area (Å²) in [5, 5.41) is 3.76. The van der Waals surface area contributed by atoms with Crippen LogP contribution < -0.4 is 5.32 Å². The molecule has 3 aliphatic rings. The van der Waals surface area contributed by atoms with Crippen molar-refractivity contribution in [1.82, 2.24) is 15.1 Å². The van der Waals surface area contributed by atoms with Gasteiger partial charge in [0, 0.05) is 31.2 Å². The second-order valence-electron chi connectivity index (χ2n) is 7.33. The average Bonchev–Trinajstić information content (AvgIpc) is 3.11. The van der Waals surface area contributed by atoms with Crippen LogP contribution in [0.3, 0.4) is 0 Å². The van der Waals surface area contributed by atoms with Crippen molar-refractivity contribution < 1.29 is 0 Å². The highest BCUT2D eigenvalue weighted by Gasteiger charge is 2.37. The van der Waals surface area contributed by atoms with Gasteiger partial charge in [0.25, 0.3) is 0 Å². The molecule has 3 heteroatoms. The normalized spacial score (nSPS) is 40.5. The number of likely N-dealkylation sites (N-methyl/N-ethyl adjacent to an activating group) is 1. The molecule has 0 spiro atoms. The van der Waals surface area contributed by atoms with Gasteiger partial charge >= 0.3 is 0 Å². The van der Waals surface area contributed by atoms with Crippen LogP contribution in [-0.2, 0) is 0 Å². The largest absolute Gasteiger partial charge is 0.313 e. The van der Waals surface area contributed by atoms with Crippen LogP contribution in [0, 0.1) is 5.92 Å². The van der Waals surface area contributed by atoms with E-state index in [1.165, 1.54) is 64.7 Å². The predicted molar refractivity (Wildman–Crippen MR) is 85.1 cm³/mol. The Morgan fingerprint density at radius 2 is 1.80 bits per heavy atom. The summed E-state index contributed by atoms with van der Waals surface area (Å²) < 4.78 is 0. The van der Waals surface area contributed by atoms with Crippen LogP contribution in [0.15, 0.2) is 0 Å². The fourth-order valence-corrected chi connectivity index (χ4v) is 4.73. The smallest absolute Gasteiger partial charge is 0.0252 e. The molecule has 4 atom stereocenters. The second-order valence-corrected chi connectivity index (χ2v) is 7.33. The summed E-state index contributed by atoms with van der Waals surface area (Å²) in [6, 6.07) is 2.40. The first kappa shape index (κ1) is 14.8. The van der Waals surface area contributed by atoms with E-state index < -0.39 is 0 Å². The van der Waals surface area contributed by atoms with E-state index in [0.29, 0.717) is 0 Å². The fourth-order valence-electron chi connectivity index (χ4n) is 4.73. The Kier molecular flexibility index (Phi) is 5.00. The SMILES string of the molecule is CCNC1CCC(C)CC1N1CCC(N2CCCC2)C1. The number of nitrogens with one attached hydrogen (secondary N) is 1. The van der Waals surface area contributed by atoms with Crippen LogP contribution in [0.25, 0.3) is 0 Å². The van der Waals surface area contributed by atoms with Crippen molar-refractivity contribution in [2.45, 2.75) is 70.5 Å². The van der Waals surface area contributed by atoms with Crippen molar-refractivity contribution in [1.29, 1.82) is 0 Å². The summed E-state index contributed by atoms with van der Waals surface area (Å²) in [4.78, 5) is 5.58. The zero-order valence-electron chi connectivity index (χ0n) is 13.5. The van der Waals surface area contributed by atoms with E-state index in [4.69, 9.17) is 0 Å².